The van der Waals surface area contributed by atoms with E-state index in [1.807, 2.05) is 36.0 Å². The fraction of sp³-hybridized carbons (Fsp3) is 0.333. The van der Waals surface area contributed by atoms with Gasteiger partial charge in [-0.15, -0.1) is 11.3 Å². The number of pyridine rings is 1. The summed E-state index contributed by atoms with van der Waals surface area (Å²) in [6.45, 7) is 2.10. The smallest absolute Gasteiger partial charge is 0.150 e. The minimum absolute atomic E-state index is 0.0961. The molecule has 2 unspecified atom stereocenters. The Kier molecular flexibility index (Phi) is 4.53. The molecule has 2 N–H and O–H groups in total. The number of hydrogen-bond acceptors (Lipinski definition) is 5. The lowest BCUT2D eigenvalue weighted by Gasteiger charge is -2.20. The molecule has 2 aromatic rings. The molecule has 90 valence electrons. The Balaban J connectivity index is 2.20. The van der Waals surface area contributed by atoms with E-state index in [9.17, 15) is 0 Å². The number of nitrogens with two attached hydrogens (primary N) is 1. The third-order valence-electron chi connectivity index (χ3n) is 2.48. The van der Waals surface area contributed by atoms with Gasteiger partial charge >= 0.3 is 0 Å². The van der Waals surface area contributed by atoms with Gasteiger partial charge in [-0.2, -0.15) is 0 Å². The van der Waals surface area contributed by atoms with E-state index in [2.05, 4.69) is 16.9 Å². The summed E-state index contributed by atoms with van der Waals surface area (Å²) in [5.74, 6) is 0. The Morgan fingerprint density at radius 3 is 2.82 bits per heavy atom. The summed E-state index contributed by atoms with van der Waals surface area (Å²) in [7, 11) is 0. The summed E-state index contributed by atoms with van der Waals surface area (Å²) < 4.78 is 1.05. The van der Waals surface area contributed by atoms with Crippen LogP contribution in [0.1, 0.15) is 24.3 Å². The van der Waals surface area contributed by atoms with Gasteiger partial charge < -0.3 is 5.73 Å². The second kappa shape index (κ2) is 6.14. The Morgan fingerprint density at radius 1 is 1.35 bits per heavy atom. The molecule has 0 aliphatic carbocycles. The molecule has 2 aromatic heterocycles. The molecule has 2 atom stereocenters. The topological polar surface area (TPSA) is 51.8 Å². The summed E-state index contributed by atoms with van der Waals surface area (Å²) in [6.07, 6.45) is 4.56. The molecule has 0 radical (unpaired) electrons. The van der Waals surface area contributed by atoms with Crippen molar-refractivity contribution >= 4 is 23.1 Å². The monoisotopic (exact) mass is 265 g/mol. The first-order chi connectivity index (χ1) is 8.31. The Labute approximate surface area is 109 Å². The van der Waals surface area contributed by atoms with Crippen LogP contribution in [0.2, 0.25) is 0 Å². The van der Waals surface area contributed by atoms with Gasteiger partial charge in [0.25, 0.3) is 0 Å². The molecule has 0 aliphatic heterocycles. The van der Waals surface area contributed by atoms with Crippen LogP contribution in [0.4, 0.5) is 0 Å². The molecule has 17 heavy (non-hydrogen) atoms. The predicted octanol–water partition coefficient (Wildman–Crippen LogP) is 3.11. The highest BCUT2D eigenvalue weighted by atomic mass is 32.2. The zero-order valence-corrected chi connectivity index (χ0v) is 11.2. The van der Waals surface area contributed by atoms with Crippen molar-refractivity contribution < 1.29 is 0 Å². The van der Waals surface area contributed by atoms with Crippen molar-refractivity contribution in [1.82, 2.24) is 9.97 Å². The fourth-order valence-electron chi connectivity index (χ4n) is 1.50. The van der Waals surface area contributed by atoms with E-state index in [0.717, 1.165) is 16.5 Å². The predicted molar refractivity (Wildman–Crippen MR) is 73.2 cm³/mol. The minimum Gasteiger partial charge on any atom is -0.326 e. The Hall–Kier alpha value is -0.910. The molecule has 3 nitrogen and oxygen atoms in total. The third kappa shape index (κ3) is 3.28. The van der Waals surface area contributed by atoms with Crippen LogP contribution >= 0.6 is 23.1 Å². The third-order valence-corrected chi connectivity index (χ3v) is 4.77. The Morgan fingerprint density at radius 2 is 2.24 bits per heavy atom. The molecule has 0 aliphatic rings. The highest BCUT2D eigenvalue weighted by molar-refractivity contribution is 8.01. The van der Waals surface area contributed by atoms with Crippen molar-refractivity contribution in [2.75, 3.05) is 0 Å². The van der Waals surface area contributed by atoms with Gasteiger partial charge in [-0.25, -0.2) is 4.98 Å². The van der Waals surface area contributed by atoms with E-state index in [4.69, 9.17) is 5.73 Å². The van der Waals surface area contributed by atoms with Crippen molar-refractivity contribution in [3.8, 4) is 0 Å². The van der Waals surface area contributed by atoms with Crippen LogP contribution in [0.15, 0.2) is 40.3 Å². The summed E-state index contributed by atoms with van der Waals surface area (Å²) in [5, 5.41) is 2.15. The normalized spacial score (nSPS) is 14.5. The van der Waals surface area contributed by atoms with Crippen LogP contribution in [-0.4, -0.2) is 16.0 Å². The van der Waals surface area contributed by atoms with E-state index in [0.29, 0.717) is 0 Å². The molecule has 0 fully saturated rings. The van der Waals surface area contributed by atoms with Gasteiger partial charge in [-0.3, -0.25) is 4.98 Å². The van der Waals surface area contributed by atoms with Gasteiger partial charge in [-0.1, -0.05) is 24.8 Å². The number of aromatic nitrogens is 2. The summed E-state index contributed by atoms with van der Waals surface area (Å²) in [4.78, 5) is 8.70. The van der Waals surface area contributed by atoms with Gasteiger partial charge in [0.1, 0.15) is 4.34 Å². The second-order valence-corrected chi connectivity index (χ2v) is 5.95. The van der Waals surface area contributed by atoms with Crippen LogP contribution in [0.5, 0.6) is 0 Å². The first kappa shape index (κ1) is 12.5. The van der Waals surface area contributed by atoms with Crippen LogP contribution < -0.4 is 5.73 Å². The molecule has 0 saturated carbocycles. The largest absolute Gasteiger partial charge is 0.326 e. The first-order valence-electron chi connectivity index (χ1n) is 5.54. The van der Waals surface area contributed by atoms with Gasteiger partial charge in [0.2, 0.25) is 0 Å². The molecule has 0 bridgehead atoms. The summed E-state index contributed by atoms with van der Waals surface area (Å²) in [6, 6.07) is 6.05. The lowest BCUT2D eigenvalue weighted by molar-refractivity contribution is 0.624. The maximum atomic E-state index is 6.18. The van der Waals surface area contributed by atoms with E-state index in [1.54, 1.807) is 23.1 Å². The van der Waals surface area contributed by atoms with Gasteiger partial charge in [0.15, 0.2) is 0 Å². The molecule has 2 rings (SSSR count). The SMILES string of the molecule is CCC(N)C(Sc1nccs1)c1ccccn1. The number of thioether (sulfide) groups is 1. The number of hydrogen-bond donors (Lipinski definition) is 1. The molecule has 5 heteroatoms. The number of nitrogens with zero attached hydrogens (tertiary/aromatic N) is 2. The highest BCUT2D eigenvalue weighted by Crippen LogP contribution is 2.37. The van der Waals surface area contributed by atoms with Crippen LogP contribution in [0, 0.1) is 0 Å². The second-order valence-electron chi connectivity index (χ2n) is 3.66. The minimum atomic E-state index is 0.0961. The number of thiazole rings is 1. The average Bonchev–Trinajstić information content (AvgIpc) is 2.89. The summed E-state index contributed by atoms with van der Waals surface area (Å²) in [5.41, 5.74) is 7.21. The average molecular weight is 265 g/mol. The van der Waals surface area contributed by atoms with E-state index in [1.165, 1.54) is 0 Å². The Bertz CT molecular complexity index is 430. The van der Waals surface area contributed by atoms with Crippen LogP contribution in [-0.2, 0) is 0 Å². The maximum Gasteiger partial charge on any atom is 0.150 e. The molecular weight excluding hydrogens is 250 g/mol. The molecule has 0 aromatic carbocycles. The lowest BCUT2D eigenvalue weighted by Crippen LogP contribution is -2.26. The van der Waals surface area contributed by atoms with Crippen LogP contribution in [0.25, 0.3) is 0 Å². The van der Waals surface area contributed by atoms with Gasteiger partial charge in [0.05, 0.1) is 10.9 Å². The number of rotatable bonds is 5. The van der Waals surface area contributed by atoms with Crippen molar-refractivity contribution in [2.45, 2.75) is 29.0 Å². The zero-order valence-electron chi connectivity index (χ0n) is 9.61. The summed E-state index contributed by atoms with van der Waals surface area (Å²) >= 11 is 3.34. The van der Waals surface area contributed by atoms with Crippen molar-refractivity contribution in [2.24, 2.45) is 5.73 Å². The molecule has 0 spiro atoms. The van der Waals surface area contributed by atoms with Crippen LogP contribution in [0.3, 0.4) is 0 Å². The molecule has 0 saturated heterocycles. The van der Waals surface area contributed by atoms with Crippen molar-refractivity contribution in [3.05, 3.63) is 41.7 Å². The van der Waals surface area contributed by atoms with E-state index in [-0.39, 0.29) is 11.3 Å². The molecule has 2 heterocycles. The zero-order chi connectivity index (χ0) is 12.1. The van der Waals surface area contributed by atoms with Crippen molar-refractivity contribution in [1.29, 1.82) is 0 Å². The van der Waals surface area contributed by atoms with Gasteiger partial charge in [-0.05, 0) is 18.6 Å². The highest BCUT2D eigenvalue weighted by Gasteiger charge is 2.21. The molecule has 0 amide bonds. The fourth-order valence-corrected chi connectivity index (χ4v) is 3.53. The maximum absolute atomic E-state index is 6.18. The van der Waals surface area contributed by atoms with E-state index >= 15 is 0 Å². The standard InChI is InChI=1S/C12H15N3S2/c1-2-9(13)11(10-5-3-4-6-14-10)17-12-15-7-8-16-12/h3-9,11H,2,13H2,1H3. The molecular formula is C12H15N3S2. The van der Waals surface area contributed by atoms with Gasteiger partial charge in [0, 0.05) is 23.8 Å². The van der Waals surface area contributed by atoms with E-state index < -0.39 is 0 Å². The van der Waals surface area contributed by atoms with Crippen molar-refractivity contribution in [3.63, 3.8) is 0 Å². The quantitative estimate of drug-likeness (QED) is 0.844. The lowest BCUT2D eigenvalue weighted by atomic mass is 10.1. The first-order valence-corrected chi connectivity index (χ1v) is 7.30.